The second-order valence-corrected chi connectivity index (χ2v) is 21.9. The van der Waals surface area contributed by atoms with Crippen molar-refractivity contribution in [1.82, 2.24) is 0 Å². The molecule has 4 aromatic carbocycles. The molecule has 6 rings (SSSR count). The predicted octanol–water partition coefficient (Wildman–Crippen LogP) is 9.53. The van der Waals surface area contributed by atoms with E-state index < -0.39 is 64.2 Å². The number of hydrogen-bond donors (Lipinski definition) is 6. The lowest BCUT2D eigenvalue weighted by atomic mass is 9.71. The van der Waals surface area contributed by atoms with Gasteiger partial charge in [-0.15, -0.1) is 0 Å². The molecule has 0 bridgehead atoms. The zero-order chi connectivity index (χ0) is 49.2. The van der Waals surface area contributed by atoms with Gasteiger partial charge in [0.15, 0.2) is 33.9 Å². The fourth-order valence-electron chi connectivity index (χ4n) is 8.13. The molecule has 0 aliphatic rings. The lowest BCUT2D eigenvalue weighted by Crippen LogP contribution is -2.58. The summed E-state index contributed by atoms with van der Waals surface area (Å²) in [4.78, 5) is 26.8. The van der Waals surface area contributed by atoms with Crippen LogP contribution in [0.25, 0.3) is 44.6 Å². The zero-order valence-corrected chi connectivity index (χ0v) is 41.5. The summed E-state index contributed by atoms with van der Waals surface area (Å²) >= 11 is -3.87. The van der Waals surface area contributed by atoms with Crippen LogP contribution in [0.15, 0.2) is 91.2 Å². The van der Waals surface area contributed by atoms with Crippen molar-refractivity contribution in [3.63, 3.8) is 0 Å². The Labute approximate surface area is 394 Å². The molecule has 16 nitrogen and oxygen atoms in total. The summed E-state index contributed by atoms with van der Waals surface area (Å²) in [5.74, 6) is -1.55. The number of rotatable bonds is 19. The molecule has 2 aromatic heterocycles. The van der Waals surface area contributed by atoms with Gasteiger partial charge in [0, 0.05) is 61.7 Å². The van der Waals surface area contributed by atoms with E-state index in [1.165, 1.54) is 74.9 Å². The molecule has 6 unspecified atom stereocenters. The van der Waals surface area contributed by atoms with E-state index in [2.05, 4.69) is 62.3 Å². The van der Waals surface area contributed by atoms with Gasteiger partial charge in [-0.05, 0) is 77.8 Å². The number of phenols is 6. The van der Waals surface area contributed by atoms with Crippen LogP contribution in [-0.4, -0.2) is 75.2 Å². The Morgan fingerprint density at radius 1 is 0.493 bits per heavy atom. The predicted molar refractivity (Wildman–Crippen MR) is 254 cm³/mol. The number of benzene rings is 4. The Kier molecular flexibility index (Phi) is 15.6. The molecule has 0 spiro atoms. The van der Waals surface area contributed by atoms with Crippen molar-refractivity contribution in [2.75, 3.05) is 14.2 Å². The first-order valence-electron chi connectivity index (χ1n) is 22.0. The van der Waals surface area contributed by atoms with Gasteiger partial charge in [-0.25, -0.2) is 0 Å². The Hall–Kier alpha value is -5.71. The first-order valence-corrected chi connectivity index (χ1v) is 25.1. The van der Waals surface area contributed by atoms with Crippen LogP contribution < -0.4 is 18.4 Å². The lowest BCUT2D eigenvalue weighted by Gasteiger charge is -2.42. The molecule has 0 aliphatic heterocycles. The van der Waals surface area contributed by atoms with Gasteiger partial charge in [-0.1, -0.05) is 62.3 Å². The average molecular weight is 959 g/mol. The quantitative estimate of drug-likeness (QED) is 0.0327. The van der Waals surface area contributed by atoms with Crippen molar-refractivity contribution >= 4 is 46.1 Å². The topological polar surface area (TPSA) is 237 Å². The number of hydrogen-bond acceptors (Lipinski definition) is 16. The Morgan fingerprint density at radius 2 is 0.896 bits per heavy atom. The van der Waals surface area contributed by atoms with E-state index in [0.717, 1.165) is 12.1 Å². The highest BCUT2D eigenvalue weighted by molar-refractivity contribution is 6.62. The minimum Gasteiger partial charge on any atom is -0.588 e. The third-order valence-electron chi connectivity index (χ3n) is 13.2. The highest BCUT2D eigenvalue weighted by Crippen LogP contribution is 2.40. The van der Waals surface area contributed by atoms with Crippen LogP contribution >= 0.6 is 0 Å². The summed E-state index contributed by atoms with van der Waals surface area (Å²) in [6.45, 7) is 19.5. The maximum absolute atomic E-state index is 13.4. The summed E-state index contributed by atoms with van der Waals surface area (Å²) in [6, 6.07) is 15.0. The molecular weight excluding hydrogens is 900 g/mol. The van der Waals surface area contributed by atoms with Crippen LogP contribution in [0.4, 0.5) is 0 Å². The fourth-order valence-corrected chi connectivity index (χ4v) is 12.3. The molecule has 6 aromatic rings. The van der Waals surface area contributed by atoms with Gasteiger partial charge in [-0.2, -0.15) is 0 Å². The van der Waals surface area contributed by atoms with Crippen molar-refractivity contribution in [2.24, 2.45) is 41.4 Å². The van der Waals surface area contributed by atoms with Gasteiger partial charge in [0.25, 0.3) is 0 Å². The summed E-state index contributed by atoms with van der Waals surface area (Å²) in [5, 5.41) is 62.3. The van der Waals surface area contributed by atoms with E-state index >= 15 is 0 Å². The second kappa shape index (κ2) is 20.7. The third kappa shape index (κ3) is 11.0. The molecule has 0 saturated heterocycles. The Balaban J connectivity index is 1.47. The van der Waals surface area contributed by atoms with Gasteiger partial charge in [-0.3, -0.25) is 9.59 Å². The lowest BCUT2D eigenvalue weighted by molar-refractivity contribution is -0.0695. The molecule has 0 aliphatic carbocycles. The number of aromatic hydroxyl groups is 6. The highest BCUT2D eigenvalue weighted by atomic mass is 28.4. The normalized spacial score (nSPS) is 14.8. The second-order valence-electron chi connectivity index (χ2n) is 17.9. The van der Waals surface area contributed by atoms with E-state index in [0.29, 0.717) is 17.8 Å². The average Bonchev–Trinajstić information content (AvgIpc) is 3.27. The summed E-state index contributed by atoms with van der Waals surface area (Å²) in [6.07, 6.45) is -0.469. The highest BCUT2D eigenvalue weighted by Gasteiger charge is 2.58. The molecule has 358 valence electrons. The van der Waals surface area contributed by atoms with E-state index in [1.54, 1.807) is 0 Å². The van der Waals surface area contributed by atoms with E-state index in [4.69, 9.17) is 33.2 Å². The van der Waals surface area contributed by atoms with Crippen molar-refractivity contribution in [2.45, 2.75) is 68.4 Å². The fraction of sp³-hybridized carbons (Fsp3) is 0.388. The maximum atomic E-state index is 13.4. The molecule has 0 fully saturated rings. The Bertz CT molecular complexity index is 2680. The zero-order valence-electron chi connectivity index (χ0n) is 39.4. The monoisotopic (exact) mass is 958 g/mol. The minimum absolute atomic E-state index is 0.00479. The van der Waals surface area contributed by atoms with Gasteiger partial charge >= 0.3 is 24.2 Å². The third-order valence-corrected chi connectivity index (χ3v) is 17.6. The first kappa shape index (κ1) is 50.7. The first-order chi connectivity index (χ1) is 31.6. The summed E-state index contributed by atoms with van der Waals surface area (Å²) < 4.78 is 50.9. The molecule has 0 radical (unpaired) electrons. The van der Waals surface area contributed by atoms with Gasteiger partial charge in [0.2, 0.25) is 0 Å². The van der Waals surface area contributed by atoms with E-state index in [9.17, 15) is 40.2 Å². The molecule has 18 heteroatoms. The van der Waals surface area contributed by atoms with Crippen LogP contribution in [-0.2, 0) is 16.8 Å². The molecule has 2 heterocycles. The molecule has 6 N–H and O–H groups in total. The van der Waals surface area contributed by atoms with Crippen LogP contribution in [0, 0.1) is 41.4 Å². The summed E-state index contributed by atoms with van der Waals surface area (Å²) in [5.41, 5.74) is -0.966. The molecule has 67 heavy (non-hydrogen) atoms. The van der Waals surface area contributed by atoms with Gasteiger partial charge < -0.3 is 63.8 Å². The van der Waals surface area contributed by atoms with Crippen molar-refractivity contribution in [1.29, 1.82) is 0 Å². The van der Waals surface area contributed by atoms with E-state index in [-0.39, 0.29) is 91.3 Å². The van der Waals surface area contributed by atoms with Crippen molar-refractivity contribution in [3.8, 4) is 68.6 Å². The minimum atomic E-state index is -4.32. The van der Waals surface area contributed by atoms with Crippen LogP contribution in [0.3, 0.4) is 0 Å². The maximum Gasteiger partial charge on any atom is 1.09 e. The SMILES string of the molecule is CO[Si](OC)(OC(C(C)C(C)C(C)C)C(C)C(C)C(C)C(C)C)[O][Al]([O]c1cc(O)c2c(=O)cc(-c3ccc(O)c(O)c3)oc2c1)[O]c1cc(O)c2c(=O)cc(-c3ccc(O)c(O)c3)oc2c1. The largest absolute Gasteiger partial charge is 1.09 e. The smallest absolute Gasteiger partial charge is 0.588 e. The molecule has 0 saturated carbocycles. The van der Waals surface area contributed by atoms with Crippen LogP contribution in [0.1, 0.15) is 62.3 Å². The van der Waals surface area contributed by atoms with E-state index in [1.807, 2.05) is 0 Å². The number of phenolic OH excluding ortho intramolecular Hbond substituents is 6. The summed E-state index contributed by atoms with van der Waals surface area (Å²) in [7, 11) is -1.54. The van der Waals surface area contributed by atoms with Crippen LogP contribution in [0.2, 0.25) is 0 Å². The van der Waals surface area contributed by atoms with Gasteiger partial charge in [0.1, 0.15) is 45.0 Å². The van der Waals surface area contributed by atoms with Crippen molar-refractivity contribution in [3.05, 3.63) is 93.2 Å². The van der Waals surface area contributed by atoms with Crippen LogP contribution in [0.5, 0.6) is 46.0 Å². The Morgan fingerprint density at radius 3 is 1.28 bits per heavy atom. The molecular formula is C49H59AlO16Si. The molecule has 6 atom stereocenters. The van der Waals surface area contributed by atoms with Crippen molar-refractivity contribution < 1.29 is 63.8 Å². The molecule has 0 amide bonds. The number of fused-ring (bicyclic) bond motifs is 2. The standard InChI is InChI=1S/C19H41O4Si.2C15H10O6.Al/c1-12(2)14(5)16(7)18(9)19(17(8)15(6)13(3)4)23-24(20,21-10)22-11;2*16-8-4-11(19)15-12(20)6-13(21-14(15)5-8)7-1-2-9(17)10(18)3-7;/h12-19H,1-11H3;2*1-6,16-19H;/q-1;;;+3/p-2. The van der Waals surface area contributed by atoms with Gasteiger partial charge in [0.05, 0.1) is 17.6 Å².